The zero-order valence-electron chi connectivity index (χ0n) is 16.0. The Morgan fingerprint density at radius 3 is 2.62 bits per heavy atom. The van der Waals surface area contributed by atoms with E-state index in [-0.39, 0.29) is 29.5 Å². The van der Waals surface area contributed by atoms with Crippen LogP contribution in [0.5, 0.6) is 11.5 Å². The van der Waals surface area contributed by atoms with Crippen LogP contribution < -0.4 is 14.8 Å². The Morgan fingerprint density at radius 1 is 1.14 bits per heavy atom. The van der Waals surface area contributed by atoms with Gasteiger partial charge in [0.2, 0.25) is 6.79 Å². The summed E-state index contributed by atoms with van der Waals surface area (Å²) < 4.78 is 40.1. The third kappa shape index (κ3) is 4.68. The third-order valence-electron chi connectivity index (χ3n) is 4.38. The molecule has 1 aliphatic rings. The van der Waals surface area contributed by atoms with Crippen molar-refractivity contribution in [3.05, 3.63) is 53.6 Å². The summed E-state index contributed by atoms with van der Waals surface area (Å²) in [6, 6.07) is 11.1. The first-order chi connectivity index (χ1) is 13.8. The van der Waals surface area contributed by atoms with E-state index in [0.717, 1.165) is 5.56 Å². The number of sulfone groups is 1. The first-order valence-corrected chi connectivity index (χ1v) is 10.7. The summed E-state index contributed by atoms with van der Waals surface area (Å²) in [5.74, 6) is -0.286. The number of benzene rings is 2. The van der Waals surface area contributed by atoms with E-state index in [9.17, 15) is 18.0 Å². The molecule has 154 valence electrons. The van der Waals surface area contributed by atoms with Gasteiger partial charge in [-0.2, -0.15) is 0 Å². The average molecular weight is 419 g/mol. The molecular weight excluding hydrogens is 398 g/mol. The molecule has 2 aromatic carbocycles. The van der Waals surface area contributed by atoms with Gasteiger partial charge in [-0.15, -0.1) is 0 Å². The Morgan fingerprint density at radius 2 is 1.86 bits per heavy atom. The van der Waals surface area contributed by atoms with Gasteiger partial charge in [0.1, 0.15) is 0 Å². The highest BCUT2D eigenvalue weighted by molar-refractivity contribution is 7.91. The Kier molecular flexibility index (Phi) is 6.07. The smallest absolute Gasteiger partial charge is 0.340 e. The van der Waals surface area contributed by atoms with E-state index in [4.69, 9.17) is 14.2 Å². The van der Waals surface area contributed by atoms with Crippen LogP contribution in [0.3, 0.4) is 0 Å². The van der Waals surface area contributed by atoms with Gasteiger partial charge in [0.05, 0.1) is 16.2 Å². The van der Waals surface area contributed by atoms with Crippen LogP contribution in [0.15, 0.2) is 47.4 Å². The first kappa shape index (κ1) is 20.7. The summed E-state index contributed by atoms with van der Waals surface area (Å²) in [4.78, 5) is 24.6. The van der Waals surface area contributed by atoms with Gasteiger partial charge < -0.3 is 19.5 Å². The highest BCUT2D eigenvalue weighted by atomic mass is 32.2. The van der Waals surface area contributed by atoms with E-state index in [1.54, 1.807) is 18.2 Å². The van der Waals surface area contributed by atoms with Crippen LogP contribution >= 0.6 is 0 Å². The summed E-state index contributed by atoms with van der Waals surface area (Å²) in [5, 5.41) is 2.67. The number of carbonyl (C=O) groups is 2. The maximum atomic E-state index is 12.4. The number of hydrogen-bond donors (Lipinski definition) is 1. The van der Waals surface area contributed by atoms with Crippen molar-refractivity contribution in [2.75, 3.05) is 12.5 Å². The number of esters is 1. The lowest BCUT2D eigenvalue weighted by atomic mass is 10.2. The van der Waals surface area contributed by atoms with E-state index in [0.29, 0.717) is 11.5 Å². The summed E-state index contributed by atoms with van der Waals surface area (Å²) >= 11 is 0. The summed E-state index contributed by atoms with van der Waals surface area (Å²) in [6.45, 7) is 3.28. The van der Waals surface area contributed by atoms with Gasteiger partial charge >= 0.3 is 5.97 Å². The Labute approximate surface area is 168 Å². The van der Waals surface area contributed by atoms with E-state index < -0.39 is 27.8 Å². The topological polar surface area (TPSA) is 108 Å². The molecule has 1 heterocycles. The van der Waals surface area contributed by atoms with Crippen molar-refractivity contribution in [3.8, 4) is 11.5 Å². The number of amides is 1. The Bertz CT molecular complexity index is 1030. The average Bonchev–Trinajstić information content (AvgIpc) is 3.19. The standard InChI is InChI=1S/C20H21NO7S/c1-3-29(24,25)18-7-5-4-6-15(18)20(23)28-13(2)19(22)21-11-14-8-9-16-17(10-14)27-12-26-16/h4-10,13H,3,11-12H2,1-2H3,(H,21,22)/t13-/m1/s1. The van der Waals surface area contributed by atoms with Gasteiger partial charge in [-0.1, -0.05) is 25.1 Å². The Hall–Kier alpha value is -3.07. The van der Waals surface area contributed by atoms with Crippen molar-refractivity contribution in [3.63, 3.8) is 0 Å². The second-order valence-electron chi connectivity index (χ2n) is 6.35. The molecule has 1 N–H and O–H groups in total. The summed E-state index contributed by atoms with van der Waals surface area (Å²) in [5.41, 5.74) is 0.699. The van der Waals surface area contributed by atoms with Gasteiger partial charge in [-0.25, -0.2) is 13.2 Å². The number of rotatable bonds is 7. The molecule has 1 aliphatic heterocycles. The van der Waals surface area contributed by atoms with E-state index in [2.05, 4.69) is 5.32 Å². The van der Waals surface area contributed by atoms with Crippen LogP contribution in [0.2, 0.25) is 0 Å². The maximum Gasteiger partial charge on any atom is 0.340 e. The van der Waals surface area contributed by atoms with Crippen LogP contribution in [0.1, 0.15) is 29.8 Å². The molecule has 0 saturated carbocycles. The first-order valence-electron chi connectivity index (χ1n) is 9.01. The fourth-order valence-corrected chi connectivity index (χ4v) is 3.81. The molecule has 1 atom stereocenters. The largest absolute Gasteiger partial charge is 0.454 e. The number of carbonyl (C=O) groups excluding carboxylic acids is 2. The van der Waals surface area contributed by atoms with Crippen LogP contribution in [-0.2, 0) is 25.9 Å². The molecule has 0 bridgehead atoms. The summed E-state index contributed by atoms with van der Waals surface area (Å²) in [7, 11) is -3.60. The number of ether oxygens (including phenoxy) is 3. The van der Waals surface area contributed by atoms with Crippen LogP contribution in [-0.4, -0.2) is 38.9 Å². The van der Waals surface area contributed by atoms with Gasteiger partial charge in [0.25, 0.3) is 5.91 Å². The van der Waals surface area contributed by atoms with Gasteiger partial charge in [-0.05, 0) is 36.8 Å². The molecule has 0 spiro atoms. The van der Waals surface area contributed by atoms with Crippen molar-refractivity contribution in [2.45, 2.75) is 31.4 Å². The molecule has 0 saturated heterocycles. The molecule has 0 fully saturated rings. The molecular formula is C20H21NO7S. The molecule has 0 radical (unpaired) electrons. The molecule has 2 aromatic rings. The minimum atomic E-state index is -3.60. The van der Waals surface area contributed by atoms with Crippen LogP contribution in [0.25, 0.3) is 0 Å². The SMILES string of the molecule is CCS(=O)(=O)c1ccccc1C(=O)O[C@H](C)C(=O)NCc1ccc2c(c1)OCO2. The lowest BCUT2D eigenvalue weighted by molar-refractivity contribution is -0.129. The zero-order valence-corrected chi connectivity index (χ0v) is 16.8. The fraction of sp³-hybridized carbons (Fsp3) is 0.300. The van der Waals surface area contributed by atoms with Crippen molar-refractivity contribution in [2.24, 2.45) is 0 Å². The van der Waals surface area contributed by atoms with E-state index in [1.165, 1.54) is 38.1 Å². The molecule has 29 heavy (non-hydrogen) atoms. The molecule has 8 nitrogen and oxygen atoms in total. The number of nitrogens with one attached hydrogen (secondary N) is 1. The quantitative estimate of drug-likeness (QED) is 0.685. The van der Waals surface area contributed by atoms with E-state index >= 15 is 0 Å². The predicted octanol–water partition coefficient (Wildman–Crippen LogP) is 2.07. The molecule has 0 aliphatic carbocycles. The van der Waals surface area contributed by atoms with Crippen LogP contribution in [0, 0.1) is 0 Å². The highest BCUT2D eigenvalue weighted by Gasteiger charge is 2.25. The zero-order chi connectivity index (χ0) is 21.0. The second-order valence-corrected chi connectivity index (χ2v) is 8.60. The second kappa shape index (κ2) is 8.52. The van der Waals surface area contributed by atoms with Gasteiger partial charge in [0, 0.05) is 6.54 Å². The monoisotopic (exact) mass is 419 g/mol. The minimum Gasteiger partial charge on any atom is -0.454 e. The molecule has 9 heteroatoms. The summed E-state index contributed by atoms with van der Waals surface area (Å²) in [6.07, 6.45) is -1.10. The van der Waals surface area contributed by atoms with Crippen molar-refractivity contribution in [1.82, 2.24) is 5.32 Å². The maximum absolute atomic E-state index is 12.4. The Balaban J connectivity index is 1.62. The molecule has 0 aromatic heterocycles. The predicted molar refractivity (Wildman–Crippen MR) is 103 cm³/mol. The van der Waals surface area contributed by atoms with Crippen LogP contribution in [0.4, 0.5) is 0 Å². The minimum absolute atomic E-state index is 0.0928. The fourth-order valence-electron chi connectivity index (χ4n) is 2.72. The lowest BCUT2D eigenvalue weighted by Gasteiger charge is -2.15. The molecule has 0 unspecified atom stereocenters. The van der Waals surface area contributed by atoms with E-state index in [1.807, 2.05) is 0 Å². The van der Waals surface area contributed by atoms with Crippen molar-refractivity contribution in [1.29, 1.82) is 0 Å². The number of fused-ring (bicyclic) bond motifs is 1. The molecule has 3 rings (SSSR count). The normalized spacial score (nSPS) is 13.6. The van der Waals surface area contributed by atoms with Gasteiger partial charge in [-0.3, -0.25) is 4.79 Å². The lowest BCUT2D eigenvalue weighted by Crippen LogP contribution is -2.35. The van der Waals surface area contributed by atoms with Crippen molar-refractivity contribution >= 4 is 21.7 Å². The third-order valence-corrected chi connectivity index (χ3v) is 6.17. The highest BCUT2D eigenvalue weighted by Crippen LogP contribution is 2.32. The van der Waals surface area contributed by atoms with Gasteiger partial charge in [0.15, 0.2) is 27.4 Å². The van der Waals surface area contributed by atoms with Crippen molar-refractivity contribution < 1.29 is 32.2 Å². The molecule has 1 amide bonds. The number of hydrogen-bond acceptors (Lipinski definition) is 7.